The molecule has 0 saturated heterocycles. The van der Waals surface area contributed by atoms with Crippen LogP contribution in [0.3, 0.4) is 0 Å². The number of hydrogen-bond acceptors (Lipinski definition) is 3. The lowest BCUT2D eigenvalue weighted by molar-refractivity contribution is 0.0697. The molecule has 19 heavy (non-hydrogen) atoms. The average molecular weight is 346 g/mol. The number of carboxylic acid groups (broad SMARTS) is 1. The van der Waals surface area contributed by atoms with E-state index in [0.29, 0.717) is 15.2 Å². The van der Waals surface area contributed by atoms with E-state index in [4.69, 9.17) is 16.7 Å². The Morgan fingerprint density at radius 1 is 1.42 bits per heavy atom. The first kappa shape index (κ1) is 13.8. The third-order valence-electron chi connectivity index (χ3n) is 2.27. The first-order chi connectivity index (χ1) is 8.97. The zero-order valence-electron chi connectivity index (χ0n) is 9.32. The van der Waals surface area contributed by atoms with Gasteiger partial charge in [0.05, 0.1) is 11.9 Å². The van der Waals surface area contributed by atoms with Crippen LogP contribution in [-0.4, -0.2) is 16.1 Å². The molecule has 0 atom stereocenters. The van der Waals surface area contributed by atoms with Gasteiger partial charge in [-0.2, -0.15) is 0 Å². The number of halogens is 3. The summed E-state index contributed by atoms with van der Waals surface area (Å²) in [5.41, 5.74) is 0.279. The van der Waals surface area contributed by atoms with E-state index in [9.17, 15) is 9.18 Å². The molecule has 0 fully saturated rings. The van der Waals surface area contributed by atoms with E-state index in [1.807, 2.05) is 0 Å². The van der Waals surface area contributed by atoms with Crippen LogP contribution in [0.4, 0.5) is 15.9 Å². The van der Waals surface area contributed by atoms with Crippen LogP contribution in [0.5, 0.6) is 0 Å². The maximum absolute atomic E-state index is 13.0. The largest absolute Gasteiger partial charge is 0.478 e. The number of anilines is 2. The van der Waals surface area contributed by atoms with Crippen molar-refractivity contribution in [1.29, 1.82) is 0 Å². The molecule has 2 N–H and O–H groups in total. The Bertz CT molecular complexity index is 652. The highest BCUT2D eigenvalue weighted by atomic mass is 79.9. The number of aromatic carboxylic acids is 1. The minimum absolute atomic E-state index is 0.0388. The molecule has 1 heterocycles. The van der Waals surface area contributed by atoms with Crippen molar-refractivity contribution in [2.45, 2.75) is 0 Å². The molecule has 0 aliphatic carbocycles. The van der Waals surface area contributed by atoms with Gasteiger partial charge in [0.15, 0.2) is 0 Å². The summed E-state index contributed by atoms with van der Waals surface area (Å²) in [6.45, 7) is 0. The van der Waals surface area contributed by atoms with E-state index in [-0.39, 0.29) is 11.4 Å². The molecule has 2 rings (SSSR count). The smallest absolute Gasteiger partial charge is 0.339 e. The monoisotopic (exact) mass is 344 g/mol. The van der Waals surface area contributed by atoms with Crippen molar-refractivity contribution in [2.24, 2.45) is 0 Å². The molecule has 0 spiro atoms. The summed E-state index contributed by atoms with van der Waals surface area (Å²) in [6.07, 6.45) is 0.938. The summed E-state index contributed by atoms with van der Waals surface area (Å²) in [5, 5.41) is 12.3. The number of aromatic nitrogens is 1. The van der Waals surface area contributed by atoms with Crippen LogP contribution < -0.4 is 5.32 Å². The number of nitrogens with one attached hydrogen (secondary N) is 1. The van der Waals surface area contributed by atoms with Crippen molar-refractivity contribution < 1.29 is 14.3 Å². The molecule has 0 unspecified atom stereocenters. The van der Waals surface area contributed by atoms with Gasteiger partial charge in [0.2, 0.25) is 0 Å². The first-order valence-electron chi connectivity index (χ1n) is 5.08. The van der Waals surface area contributed by atoms with E-state index >= 15 is 0 Å². The molecule has 0 amide bonds. The minimum atomic E-state index is -1.27. The second kappa shape index (κ2) is 5.54. The molecule has 2 aromatic rings. The van der Waals surface area contributed by atoms with Crippen molar-refractivity contribution in [3.8, 4) is 0 Å². The Hall–Kier alpha value is -1.66. The van der Waals surface area contributed by atoms with Crippen LogP contribution in [0.25, 0.3) is 0 Å². The summed E-state index contributed by atoms with van der Waals surface area (Å²) in [6, 6.07) is 5.88. The van der Waals surface area contributed by atoms with Gasteiger partial charge in [0, 0.05) is 9.50 Å². The molecule has 1 aromatic heterocycles. The number of carboxylic acids is 1. The summed E-state index contributed by atoms with van der Waals surface area (Å²) in [4.78, 5) is 14.8. The second-order valence-corrected chi connectivity index (χ2v) is 4.89. The third-order valence-corrected chi connectivity index (χ3v) is 3.19. The van der Waals surface area contributed by atoms with Crippen LogP contribution >= 0.6 is 27.5 Å². The van der Waals surface area contributed by atoms with E-state index in [2.05, 4.69) is 26.2 Å². The lowest BCUT2D eigenvalue weighted by Gasteiger charge is -2.10. The van der Waals surface area contributed by atoms with Crippen molar-refractivity contribution in [2.75, 3.05) is 5.32 Å². The molecule has 0 saturated carbocycles. The predicted molar refractivity (Wildman–Crippen MR) is 73.6 cm³/mol. The highest BCUT2D eigenvalue weighted by Crippen LogP contribution is 2.29. The lowest BCUT2D eigenvalue weighted by Crippen LogP contribution is -2.06. The van der Waals surface area contributed by atoms with Gasteiger partial charge in [-0.15, -0.1) is 0 Å². The maximum atomic E-state index is 13.0. The molecule has 4 nitrogen and oxygen atoms in total. The Balaban J connectivity index is 2.43. The summed E-state index contributed by atoms with van der Waals surface area (Å²) in [7, 11) is 0. The molecule has 0 radical (unpaired) electrons. The van der Waals surface area contributed by atoms with Crippen LogP contribution in [0.15, 0.2) is 34.9 Å². The zero-order valence-corrected chi connectivity index (χ0v) is 11.7. The lowest BCUT2D eigenvalue weighted by atomic mass is 10.2. The highest BCUT2D eigenvalue weighted by Gasteiger charge is 2.14. The minimum Gasteiger partial charge on any atom is -0.478 e. The van der Waals surface area contributed by atoms with Crippen molar-refractivity contribution in [3.63, 3.8) is 0 Å². The quantitative estimate of drug-likeness (QED) is 0.880. The van der Waals surface area contributed by atoms with Crippen molar-refractivity contribution >= 4 is 45.0 Å². The average Bonchev–Trinajstić information content (AvgIpc) is 2.35. The number of carbonyl (C=O) groups is 1. The Labute approximate surface area is 121 Å². The van der Waals surface area contributed by atoms with Gasteiger partial charge in [0.25, 0.3) is 0 Å². The van der Waals surface area contributed by atoms with E-state index in [1.54, 1.807) is 18.2 Å². The van der Waals surface area contributed by atoms with Gasteiger partial charge in [-0.25, -0.2) is 14.2 Å². The van der Waals surface area contributed by atoms with Crippen LogP contribution in [-0.2, 0) is 0 Å². The Morgan fingerprint density at radius 2 is 2.16 bits per heavy atom. The maximum Gasteiger partial charge on any atom is 0.339 e. The molecule has 0 aliphatic heterocycles. The van der Waals surface area contributed by atoms with Crippen LogP contribution in [0.2, 0.25) is 5.02 Å². The number of nitrogens with zero attached hydrogens (tertiary/aromatic N) is 1. The van der Waals surface area contributed by atoms with E-state index in [0.717, 1.165) is 12.3 Å². The molecule has 1 aromatic carbocycles. The topological polar surface area (TPSA) is 62.2 Å². The van der Waals surface area contributed by atoms with Gasteiger partial charge >= 0.3 is 5.97 Å². The third kappa shape index (κ3) is 3.21. The fourth-order valence-electron chi connectivity index (χ4n) is 1.42. The molecule has 0 aliphatic rings. The van der Waals surface area contributed by atoms with Crippen LogP contribution in [0, 0.1) is 5.82 Å². The fraction of sp³-hybridized carbons (Fsp3) is 0. The number of benzene rings is 1. The normalized spacial score (nSPS) is 10.3. The zero-order chi connectivity index (χ0) is 14.0. The fourth-order valence-corrected chi connectivity index (χ4v) is 1.94. The number of pyridine rings is 1. The van der Waals surface area contributed by atoms with Gasteiger partial charge < -0.3 is 10.4 Å². The Morgan fingerprint density at radius 3 is 2.84 bits per heavy atom. The molecular formula is C12H7BrClFN2O2. The van der Waals surface area contributed by atoms with Gasteiger partial charge in [-0.3, -0.25) is 0 Å². The highest BCUT2D eigenvalue weighted by molar-refractivity contribution is 9.10. The summed E-state index contributed by atoms with van der Waals surface area (Å²) < 4.78 is 13.7. The molecule has 7 heteroatoms. The second-order valence-electron chi connectivity index (χ2n) is 3.60. The molecule has 0 bridgehead atoms. The van der Waals surface area contributed by atoms with Crippen LogP contribution in [0.1, 0.15) is 10.4 Å². The van der Waals surface area contributed by atoms with E-state index < -0.39 is 11.8 Å². The SMILES string of the molecule is O=C(O)c1cc(F)cnc1Nc1cc(Cl)ccc1Br. The first-order valence-corrected chi connectivity index (χ1v) is 6.25. The predicted octanol–water partition coefficient (Wildman–Crippen LogP) is 4.08. The Kier molecular flexibility index (Phi) is 4.01. The van der Waals surface area contributed by atoms with Crippen molar-refractivity contribution in [1.82, 2.24) is 4.98 Å². The van der Waals surface area contributed by atoms with E-state index in [1.165, 1.54) is 0 Å². The van der Waals surface area contributed by atoms with Gasteiger partial charge in [-0.1, -0.05) is 11.6 Å². The summed E-state index contributed by atoms with van der Waals surface area (Å²) >= 11 is 9.15. The standard InChI is InChI=1S/C12H7BrClFN2O2/c13-9-2-1-6(14)3-10(9)17-11-8(12(18)19)4-7(15)5-16-11/h1-5H,(H,16,17)(H,18,19). The number of hydrogen-bond donors (Lipinski definition) is 2. The molecule has 98 valence electrons. The molecular weight excluding hydrogens is 338 g/mol. The van der Waals surface area contributed by atoms with Crippen molar-refractivity contribution in [3.05, 3.63) is 51.3 Å². The summed E-state index contributed by atoms with van der Waals surface area (Å²) in [5.74, 6) is -1.95. The van der Waals surface area contributed by atoms with Gasteiger partial charge in [0.1, 0.15) is 17.2 Å². The van der Waals surface area contributed by atoms with Gasteiger partial charge in [-0.05, 0) is 40.2 Å². The number of rotatable bonds is 3.